The lowest BCUT2D eigenvalue weighted by Crippen LogP contribution is -2.35. The van der Waals surface area contributed by atoms with Gasteiger partial charge in [0.2, 0.25) is 6.79 Å². The minimum Gasteiger partial charge on any atom is -0.454 e. The zero-order valence-corrected chi connectivity index (χ0v) is 20.1. The Bertz CT molecular complexity index is 1230. The molecule has 2 aliphatic rings. The topological polar surface area (TPSA) is 179 Å². The van der Waals surface area contributed by atoms with E-state index in [9.17, 15) is 15.0 Å². The summed E-state index contributed by atoms with van der Waals surface area (Å²) < 4.78 is 18.1. The van der Waals surface area contributed by atoms with E-state index in [1.54, 1.807) is 16.3 Å². The minimum atomic E-state index is -1.14. The number of carbonyl (C=O) groups is 1. The summed E-state index contributed by atoms with van der Waals surface area (Å²) in [6.45, 7) is 1.09. The van der Waals surface area contributed by atoms with Gasteiger partial charge in [-0.15, -0.1) is 0 Å². The molecule has 0 unspecified atom stereocenters. The maximum atomic E-state index is 12.0. The number of amides is 2. The molecule has 3 aromatic rings. The predicted octanol–water partition coefficient (Wildman–Crippen LogP) is 0.379. The van der Waals surface area contributed by atoms with Crippen molar-refractivity contribution in [1.29, 1.82) is 0 Å². The van der Waals surface area contributed by atoms with E-state index in [2.05, 4.69) is 25.6 Å². The van der Waals surface area contributed by atoms with Crippen molar-refractivity contribution < 1.29 is 29.2 Å². The van der Waals surface area contributed by atoms with Gasteiger partial charge in [0.1, 0.15) is 24.1 Å². The Morgan fingerprint density at radius 2 is 2.03 bits per heavy atom. The molecule has 1 saturated heterocycles. The molecule has 2 aromatic heterocycles. The van der Waals surface area contributed by atoms with Crippen LogP contribution in [0.15, 0.2) is 30.9 Å². The van der Waals surface area contributed by atoms with Crippen molar-refractivity contribution in [2.75, 3.05) is 30.6 Å². The van der Waals surface area contributed by atoms with Crippen molar-refractivity contribution in [1.82, 2.24) is 30.2 Å². The predicted molar refractivity (Wildman–Crippen MR) is 130 cm³/mol. The maximum absolute atomic E-state index is 12.0. The van der Waals surface area contributed by atoms with Crippen molar-refractivity contribution >= 4 is 34.8 Å². The number of nitrogens with one attached hydrogen (secondary N) is 2. The highest BCUT2D eigenvalue weighted by Gasteiger charge is 2.44. The molecule has 0 bridgehead atoms. The summed E-state index contributed by atoms with van der Waals surface area (Å²) in [6, 6.07) is 5.29. The Balaban J connectivity index is 1.01. The molecule has 4 atom stereocenters. The molecule has 0 radical (unpaired) electrons. The second-order valence-corrected chi connectivity index (χ2v) is 9.50. The zero-order chi connectivity index (χ0) is 25.1. The molecule has 1 aromatic carbocycles. The standard InChI is InChI=1S/C22H27N7O6S/c23-19-16-20(27-9-26-19)29(10-28-16)21-18(31)17(30)15(35-21)8-36-5-1-4-24-22(32)25-7-12-2-3-13-14(6-12)34-11-33-13/h2-3,6,9-10,15,17-18,21,30-31H,1,4-5,7-8,11H2,(H2,23,26,27)(H2,24,25,32)/t15-,17-,18-,21-/m1/s1. The SMILES string of the molecule is Nc1ncnc2c1ncn2[C@@H]1O[C@H](CSCCCNC(=O)NCc2ccc3c(c2)OCO3)[C@@H](O)[C@H]1O. The van der Waals surface area contributed by atoms with Gasteiger partial charge >= 0.3 is 6.03 Å². The highest BCUT2D eigenvalue weighted by molar-refractivity contribution is 7.99. The molecule has 5 rings (SSSR count). The molecule has 192 valence electrons. The number of thioether (sulfide) groups is 1. The van der Waals surface area contributed by atoms with Crippen LogP contribution in [0.1, 0.15) is 18.2 Å². The van der Waals surface area contributed by atoms with Gasteiger partial charge in [0, 0.05) is 18.8 Å². The van der Waals surface area contributed by atoms with Crippen LogP contribution in [0.4, 0.5) is 10.6 Å². The van der Waals surface area contributed by atoms with E-state index in [-0.39, 0.29) is 18.6 Å². The molecule has 2 aliphatic heterocycles. The highest BCUT2D eigenvalue weighted by atomic mass is 32.2. The van der Waals surface area contributed by atoms with Crippen LogP contribution in [0.3, 0.4) is 0 Å². The molecular formula is C22H27N7O6S. The first-order valence-electron chi connectivity index (χ1n) is 11.4. The van der Waals surface area contributed by atoms with Gasteiger partial charge < -0.3 is 40.8 Å². The fourth-order valence-electron chi connectivity index (χ4n) is 4.02. The lowest BCUT2D eigenvalue weighted by Gasteiger charge is -2.16. The summed E-state index contributed by atoms with van der Waals surface area (Å²) in [6.07, 6.45) is -0.0795. The molecular weight excluding hydrogens is 490 g/mol. The third-order valence-electron chi connectivity index (χ3n) is 5.92. The minimum absolute atomic E-state index is 0.213. The van der Waals surface area contributed by atoms with Crippen molar-refractivity contribution in [3.05, 3.63) is 36.4 Å². The third-order valence-corrected chi connectivity index (χ3v) is 7.06. The summed E-state index contributed by atoms with van der Waals surface area (Å²) in [5.41, 5.74) is 7.57. The van der Waals surface area contributed by atoms with Crippen LogP contribution in [-0.4, -0.2) is 78.9 Å². The average Bonchev–Trinajstić information content (AvgIpc) is 3.59. The molecule has 0 aliphatic carbocycles. The molecule has 2 amide bonds. The number of hydrogen-bond donors (Lipinski definition) is 5. The molecule has 0 saturated carbocycles. The van der Waals surface area contributed by atoms with Gasteiger partial charge in [-0.05, 0) is 29.9 Å². The first-order chi connectivity index (χ1) is 17.5. The number of carbonyl (C=O) groups excluding carboxylic acids is 1. The van der Waals surface area contributed by atoms with Crippen LogP contribution in [0.25, 0.3) is 11.2 Å². The number of nitrogens with zero attached hydrogens (tertiary/aromatic N) is 4. The molecule has 13 nitrogen and oxygen atoms in total. The second-order valence-electron chi connectivity index (χ2n) is 8.35. The van der Waals surface area contributed by atoms with Gasteiger partial charge in [-0.1, -0.05) is 6.07 Å². The zero-order valence-electron chi connectivity index (χ0n) is 19.2. The van der Waals surface area contributed by atoms with Crippen LogP contribution >= 0.6 is 11.8 Å². The number of imidazole rings is 1. The number of anilines is 1. The number of aliphatic hydroxyl groups is 2. The van der Waals surface area contributed by atoms with Crippen molar-refractivity contribution in [3.8, 4) is 11.5 Å². The van der Waals surface area contributed by atoms with E-state index in [0.717, 1.165) is 17.7 Å². The normalized spacial score (nSPS) is 22.7. The molecule has 36 heavy (non-hydrogen) atoms. The number of ether oxygens (including phenoxy) is 3. The highest BCUT2D eigenvalue weighted by Crippen LogP contribution is 2.34. The average molecular weight is 518 g/mol. The summed E-state index contributed by atoms with van der Waals surface area (Å²) in [7, 11) is 0. The van der Waals surface area contributed by atoms with Crippen LogP contribution in [0.2, 0.25) is 0 Å². The van der Waals surface area contributed by atoms with Gasteiger partial charge in [-0.2, -0.15) is 11.8 Å². The van der Waals surface area contributed by atoms with Gasteiger partial charge in [-0.25, -0.2) is 19.7 Å². The summed E-state index contributed by atoms with van der Waals surface area (Å²) >= 11 is 1.57. The summed E-state index contributed by atoms with van der Waals surface area (Å²) in [4.78, 5) is 24.3. The van der Waals surface area contributed by atoms with Gasteiger partial charge in [0.05, 0.1) is 12.4 Å². The van der Waals surface area contributed by atoms with Crippen molar-refractivity contribution in [3.63, 3.8) is 0 Å². The van der Waals surface area contributed by atoms with Crippen LogP contribution < -0.4 is 25.8 Å². The monoisotopic (exact) mass is 517 g/mol. The largest absolute Gasteiger partial charge is 0.454 e. The maximum Gasteiger partial charge on any atom is 0.315 e. The smallest absolute Gasteiger partial charge is 0.315 e. The van der Waals surface area contributed by atoms with Crippen LogP contribution in [-0.2, 0) is 11.3 Å². The van der Waals surface area contributed by atoms with E-state index in [1.165, 1.54) is 12.7 Å². The van der Waals surface area contributed by atoms with E-state index < -0.39 is 24.5 Å². The summed E-state index contributed by atoms with van der Waals surface area (Å²) in [5, 5.41) is 26.6. The van der Waals surface area contributed by atoms with E-state index >= 15 is 0 Å². The Kier molecular flexibility index (Phi) is 7.27. The molecule has 14 heteroatoms. The van der Waals surface area contributed by atoms with Crippen molar-refractivity contribution in [2.24, 2.45) is 0 Å². The van der Waals surface area contributed by atoms with E-state index in [4.69, 9.17) is 19.9 Å². The van der Waals surface area contributed by atoms with Crippen LogP contribution in [0, 0.1) is 0 Å². The van der Waals surface area contributed by atoms with Crippen LogP contribution in [0.5, 0.6) is 11.5 Å². The number of rotatable bonds is 9. The number of nitrogen functional groups attached to an aromatic ring is 1. The van der Waals surface area contributed by atoms with Gasteiger partial charge in [0.25, 0.3) is 0 Å². The number of aromatic nitrogens is 4. The van der Waals surface area contributed by atoms with Gasteiger partial charge in [0.15, 0.2) is 29.2 Å². The second kappa shape index (κ2) is 10.7. The number of urea groups is 1. The lowest BCUT2D eigenvalue weighted by atomic mass is 10.1. The number of nitrogens with two attached hydrogens (primary N) is 1. The van der Waals surface area contributed by atoms with Crippen molar-refractivity contribution in [2.45, 2.75) is 37.5 Å². The van der Waals surface area contributed by atoms with E-state index in [0.29, 0.717) is 41.5 Å². The first kappa shape index (κ1) is 24.4. The number of fused-ring (bicyclic) bond motifs is 2. The lowest BCUT2D eigenvalue weighted by molar-refractivity contribution is -0.0289. The van der Waals surface area contributed by atoms with Gasteiger partial charge in [-0.3, -0.25) is 4.57 Å². The fourth-order valence-corrected chi connectivity index (χ4v) is 5.05. The molecule has 6 N–H and O–H groups in total. The number of aliphatic hydroxyl groups excluding tert-OH is 2. The summed E-state index contributed by atoms with van der Waals surface area (Å²) in [5.74, 6) is 2.84. The molecule has 1 fully saturated rings. The Morgan fingerprint density at radius 3 is 2.92 bits per heavy atom. The fraction of sp³-hybridized carbons (Fsp3) is 0.455. The Morgan fingerprint density at radius 1 is 1.17 bits per heavy atom. The first-order valence-corrected chi connectivity index (χ1v) is 12.6. The Hall–Kier alpha value is -3.33. The molecule has 4 heterocycles. The third kappa shape index (κ3) is 5.11. The van der Waals surface area contributed by atoms with E-state index in [1.807, 2.05) is 18.2 Å². The Labute approximate surface area is 210 Å². The number of benzene rings is 1. The quantitative estimate of drug-likeness (QED) is 0.248. The molecule has 0 spiro atoms. The number of hydrogen-bond acceptors (Lipinski definition) is 11.